The number of rotatable bonds is 9. The molecular formula is C19H31N3O2. The van der Waals surface area contributed by atoms with E-state index in [1.807, 2.05) is 45.0 Å². The number of carbonyl (C=O) groups is 2. The van der Waals surface area contributed by atoms with Crippen molar-refractivity contribution in [2.75, 3.05) is 13.1 Å². The lowest BCUT2D eigenvalue weighted by Crippen LogP contribution is -2.44. The van der Waals surface area contributed by atoms with Crippen LogP contribution in [0.2, 0.25) is 0 Å². The van der Waals surface area contributed by atoms with E-state index in [1.165, 1.54) is 0 Å². The van der Waals surface area contributed by atoms with Gasteiger partial charge in [-0.3, -0.25) is 9.59 Å². The average molecular weight is 333 g/mol. The molecule has 5 heteroatoms. The normalized spacial score (nSPS) is 14.0. The molecule has 0 atom stereocenters. The topological polar surface area (TPSA) is 45.6 Å². The Kier molecular flexibility index (Phi) is 6.46. The van der Waals surface area contributed by atoms with Gasteiger partial charge in [-0.2, -0.15) is 0 Å². The molecule has 0 bridgehead atoms. The summed E-state index contributed by atoms with van der Waals surface area (Å²) in [7, 11) is 2.00. The highest BCUT2D eigenvalue weighted by molar-refractivity contribution is 5.85. The van der Waals surface area contributed by atoms with E-state index in [2.05, 4.69) is 10.6 Å². The Balaban J connectivity index is 2.02. The number of carbonyl (C=O) groups excluding carboxylic acids is 2. The minimum absolute atomic E-state index is 0.0734. The molecular weight excluding hydrogens is 302 g/mol. The van der Waals surface area contributed by atoms with Crippen LogP contribution < -0.4 is 0 Å². The van der Waals surface area contributed by atoms with Crippen LogP contribution in [0, 0.1) is 5.92 Å². The molecule has 24 heavy (non-hydrogen) atoms. The molecule has 1 aliphatic rings. The summed E-state index contributed by atoms with van der Waals surface area (Å²) in [5, 5.41) is 0. The molecule has 0 spiro atoms. The maximum Gasteiger partial charge on any atom is 0.242 e. The van der Waals surface area contributed by atoms with E-state index in [1.54, 1.807) is 4.90 Å². The lowest BCUT2D eigenvalue weighted by Gasteiger charge is -2.28. The monoisotopic (exact) mass is 333 g/mol. The Morgan fingerprint density at radius 2 is 2.00 bits per heavy atom. The molecule has 1 fully saturated rings. The lowest BCUT2D eigenvalue weighted by molar-refractivity contribution is -0.141. The van der Waals surface area contributed by atoms with Gasteiger partial charge in [-0.05, 0) is 37.3 Å². The summed E-state index contributed by atoms with van der Waals surface area (Å²) in [5.41, 5.74) is 1.13. The molecule has 2 rings (SSSR count). The van der Waals surface area contributed by atoms with Gasteiger partial charge in [-0.25, -0.2) is 0 Å². The summed E-state index contributed by atoms with van der Waals surface area (Å²) in [6.45, 7) is 7.61. The molecule has 134 valence electrons. The zero-order valence-corrected chi connectivity index (χ0v) is 15.5. The highest BCUT2D eigenvalue weighted by Gasteiger charge is 2.34. The van der Waals surface area contributed by atoms with Gasteiger partial charge in [-0.15, -0.1) is 0 Å². The molecule has 0 radical (unpaired) electrons. The first-order valence-corrected chi connectivity index (χ1v) is 9.09. The SMILES string of the molecule is CCCN(CC(=O)N(Cc1cccn1C)C1CC1)C(=O)CC(C)C. The van der Waals surface area contributed by atoms with Crippen molar-refractivity contribution in [2.45, 2.75) is 59.0 Å². The molecule has 0 unspecified atom stereocenters. The Morgan fingerprint density at radius 1 is 1.29 bits per heavy atom. The second kappa shape index (κ2) is 8.36. The maximum absolute atomic E-state index is 12.9. The fourth-order valence-corrected chi connectivity index (χ4v) is 2.94. The Hall–Kier alpha value is -1.78. The number of aryl methyl sites for hydroxylation is 1. The summed E-state index contributed by atoms with van der Waals surface area (Å²) in [6, 6.07) is 4.40. The van der Waals surface area contributed by atoms with Crippen molar-refractivity contribution in [3.63, 3.8) is 0 Å². The van der Waals surface area contributed by atoms with Crippen molar-refractivity contribution in [1.29, 1.82) is 0 Å². The van der Waals surface area contributed by atoms with Crippen LogP contribution in [-0.2, 0) is 23.2 Å². The van der Waals surface area contributed by atoms with Crippen LogP contribution in [0.5, 0.6) is 0 Å². The van der Waals surface area contributed by atoms with Crippen LogP contribution >= 0.6 is 0 Å². The largest absolute Gasteiger partial charge is 0.353 e. The van der Waals surface area contributed by atoms with Crippen molar-refractivity contribution >= 4 is 11.8 Å². The summed E-state index contributed by atoms with van der Waals surface area (Å²) in [4.78, 5) is 29.0. The van der Waals surface area contributed by atoms with Crippen LogP contribution in [0.15, 0.2) is 18.3 Å². The van der Waals surface area contributed by atoms with Crippen LogP contribution in [0.3, 0.4) is 0 Å². The van der Waals surface area contributed by atoms with Crippen molar-refractivity contribution in [2.24, 2.45) is 13.0 Å². The number of aromatic nitrogens is 1. The van der Waals surface area contributed by atoms with Crippen molar-refractivity contribution in [3.8, 4) is 0 Å². The second-order valence-electron chi connectivity index (χ2n) is 7.28. The highest BCUT2D eigenvalue weighted by atomic mass is 16.2. The number of amides is 2. The molecule has 0 aromatic carbocycles. The standard InChI is InChI=1S/C19H31N3O2/c1-5-10-21(18(23)12-15(2)3)14-19(24)22(16-8-9-16)13-17-7-6-11-20(17)4/h6-7,11,15-16H,5,8-10,12-14H2,1-4H3. The summed E-state index contributed by atoms with van der Waals surface area (Å²) >= 11 is 0. The van der Waals surface area contributed by atoms with E-state index < -0.39 is 0 Å². The third kappa shape index (κ3) is 5.11. The van der Waals surface area contributed by atoms with Gasteiger partial charge in [0.05, 0.1) is 13.1 Å². The van der Waals surface area contributed by atoms with Crippen molar-refractivity contribution in [1.82, 2.24) is 14.4 Å². The average Bonchev–Trinajstić information content (AvgIpc) is 3.26. The molecule has 1 heterocycles. The summed E-state index contributed by atoms with van der Waals surface area (Å²) in [5.74, 6) is 0.480. The van der Waals surface area contributed by atoms with E-state index in [-0.39, 0.29) is 18.4 Å². The predicted molar refractivity (Wildman–Crippen MR) is 95.3 cm³/mol. The van der Waals surface area contributed by atoms with Crippen molar-refractivity contribution in [3.05, 3.63) is 24.0 Å². The Labute approximate surface area is 145 Å². The van der Waals surface area contributed by atoms with Gasteiger partial charge in [0.1, 0.15) is 0 Å². The van der Waals surface area contributed by atoms with Crippen molar-refractivity contribution < 1.29 is 9.59 Å². The zero-order valence-electron chi connectivity index (χ0n) is 15.5. The molecule has 1 aliphatic carbocycles. The predicted octanol–water partition coefficient (Wildman–Crippen LogP) is 2.80. The fraction of sp³-hybridized carbons (Fsp3) is 0.684. The van der Waals surface area contributed by atoms with E-state index in [0.717, 1.165) is 25.0 Å². The van der Waals surface area contributed by atoms with E-state index in [4.69, 9.17) is 0 Å². The molecule has 0 N–H and O–H groups in total. The van der Waals surface area contributed by atoms with Gasteiger partial charge >= 0.3 is 0 Å². The minimum Gasteiger partial charge on any atom is -0.353 e. The quantitative estimate of drug-likeness (QED) is 0.697. The number of hydrogen-bond donors (Lipinski definition) is 0. The van der Waals surface area contributed by atoms with Gasteiger partial charge < -0.3 is 14.4 Å². The van der Waals surface area contributed by atoms with Gasteiger partial charge in [-0.1, -0.05) is 20.8 Å². The summed E-state index contributed by atoms with van der Waals surface area (Å²) in [6.07, 6.45) is 5.53. The maximum atomic E-state index is 12.9. The molecule has 1 saturated carbocycles. The molecule has 5 nitrogen and oxygen atoms in total. The van der Waals surface area contributed by atoms with Crippen LogP contribution in [0.1, 0.15) is 52.1 Å². The van der Waals surface area contributed by atoms with E-state index >= 15 is 0 Å². The Bertz CT molecular complexity index is 561. The Morgan fingerprint density at radius 3 is 2.50 bits per heavy atom. The number of hydrogen-bond acceptors (Lipinski definition) is 2. The van der Waals surface area contributed by atoms with E-state index in [0.29, 0.717) is 31.5 Å². The highest BCUT2D eigenvalue weighted by Crippen LogP contribution is 2.28. The smallest absolute Gasteiger partial charge is 0.242 e. The van der Waals surface area contributed by atoms with Gasteiger partial charge in [0.2, 0.25) is 11.8 Å². The summed E-state index contributed by atoms with van der Waals surface area (Å²) < 4.78 is 2.05. The van der Waals surface area contributed by atoms with E-state index in [9.17, 15) is 9.59 Å². The zero-order chi connectivity index (χ0) is 17.7. The third-order valence-corrected chi connectivity index (χ3v) is 4.45. The van der Waals surface area contributed by atoms with Gasteiger partial charge in [0.15, 0.2) is 0 Å². The third-order valence-electron chi connectivity index (χ3n) is 4.45. The van der Waals surface area contributed by atoms with Gasteiger partial charge in [0.25, 0.3) is 0 Å². The second-order valence-corrected chi connectivity index (χ2v) is 7.28. The molecule has 0 saturated heterocycles. The minimum atomic E-state index is 0.0734. The first-order chi connectivity index (χ1) is 11.4. The molecule has 0 aliphatic heterocycles. The lowest BCUT2D eigenvalue weighted by atomic mass is 10.1. The number of nitrogens with zero attached hydrogens (tertiary/aromatic N) is 3. The molecule has 2 amide bonds. The van der Waals surface area contributed by atoms with Gasteiger partial charge in [0, 0.05) is 37.9 Å². The molecule has 1 aromatic heterocycles. The molecule has 1 aromatic rings. The van der Waals surface area contributed by atoms with Crippen LogP contribution in [0.4, 0.5) is 0 Å². The fourth-order valence-electron chi connectivity index (χ4n) is 2.94. The first-order valence-electron chi connectivity index (χ1n) is 9.09. The van der Waals surface area contributed by atoms with Crippen LogP contribution in [-0.4, -0.2) is 45.3 Å². The van der Waals surface area contributed by atoms with Crippen LogP contribution in [0.25, 0.3) is 0 Å². The first kappa shape index (κ1) is 18.6.